The van der Waals surface area contributed by atoms with E-state index in [0.717, 1.165) is 5.56 Å². The van der Waals surface area contributed by atoms with Gasteiger partial charge in [0.2, 0.25) is 11.1 Å². The topological polar surface area (TPSA) is 60.2 Å². The van der Waals surface area contributed by atoms with Crippen LogP contribution in [0.15, 0.2) is 57.7 Å². The Labute approximate surface area is 154 Å². The molecule has 0 aliphatic rings. The van der Waals surface area contributed by atoms with E-state index in [0.29, 0.717) is 32.8 Å². The molecule has 2 heterocycles. The Morgan fingerprint density at radius 3 is 2.50 bits per heavy atom. The number of carbonyl (C=O) groups is 1. The first kappa shape index (κ1) is 16.5. The van der Waals surface area contributed by atoms with E-state index in [1.165, 1.54) is 0 Å². The van der Waals surface area contributed by atoms with Crippen LogP contribution in [0.4, 0.5) is 0 Å². The number of aryl methyl sites for hydroxylation is 2. The molecule has 0 atom stereocenters. The summed E-state index contributed by atoms with van der Waals surface area (Å²) in [7, 11) is 0. The Bertz CT molecular complexity index is 1240. The van der Waals surface area contributed by atoms with Crippen LogP contribution in [0.2, 0.25) is 5.02 Å². The number of aromatic nitrogens is 1. The normalized spacial score (nSPS) is 11.2. The zero-order valence-electron chi connectivity index (χ0n) is 14.2. The third-order valence-electron chi connectivity index (χ3n) is 4.42. The van der Waals surface area contributed by atoms with Crippen molar-refractivity contribution in [3.8, 4) is 0 Å². The van der Waals surface area contributed by atoms with Crippen molar-refractivity contribution in [2.75, 3.05) is 0 Å². The van der Waals surface area contributed by atoms with Crippen molar-refractivity contribution in [1.29, 1.82) is 0 Å². The van der Waals surface area contributed by atoms with Gasteiger partial charge >= 0.3 is 0 Å². The van der Waals surface area contributed by atoms with E-state index >= 15 is 0 Å². The molecule has 0 aliphatic heterocycles. The first-order valence-corrected chi connectivity index (χ1v) is 8.47. The molecule has 0 radical (unpaired) electrons. The van der Waals surface area contributed by atoms with Crippen LogP contribution >= 0.6 is 11.6 Å². The van der Waals surface area contributed by atoms with Gasteiger partial charge in [-0.25, -0.2) is 4.98 Å². The van der Waals surface area contributed by atoms with E-state index in [2.05, 4.69) is 4.98 Å². The third kappa shape index (κ3) is 2.59. The average Bonchev–Trinajstić information content (AvgIpc) is 2.63. The van der Waals surface area contributed by atoms with Crippen LogP contribution in [0.3, 0.4) is 0 Å². The summed E-state index contributed by atoms with van der Waals surface area (Å²) in [6.07, 6.45) is 0. The number of hydrogen-bond acceptors (Lipinski definition) is 4. The number of benzene rings is 2. The number of halogens is 1. The van der Waals surface area contributed by atoms with Gasteiger partial charge in [-0.2, -0.15) is 0 Å². The average molecular weight is 364 g/mol. The van der Waals surface area contributed by atoms with Gasteiger partial charge in [0.25, 0.3) is 0 Å². The van der Waals surface area contributed by atoms with Gasteiger partial charge in [0, 0.05) is 16.1 Å². The van der Waals surface area contributed by atoms with E-state index < -0.39 is 0 Å². The van der Waals surface area contributed by atoms with E-state index in [-0.39, 0.29) is 22.3 Å². The lowest BCUT2D eigenvalue weighted by Gasteiger charge is -2.08. The zero-order chi connectivity index (χ0) is 18.4. The molecule has 26 heavy (non-hydrogen) atoms. The largest absolute Gasteiger partial charge is 0.437 e. The summed E-state index contributed by atoms with van der Waals surface area (Å²) in [5.41, 5.74) is 2.64. The van der Waals surface area contributed by atoms with Crippen LogP contribution < -0.4 is 5.43 Å². The Morgan fingerprint density at radius 1 is 1.04 bits per heavy atom. The second-order valence-electron chi connectivity index (χ2n) is 6.20. The molecule has 5 heteroatoms. The number of pyridine rings is 1. The molecule has 4 rings (SSSR count). The fourth-order valence-electron chi connectivity index (χ4n) is 2.96. The molecule has 0 amide bonds. The lowest BCUT2D eigenvalue weighted by Crippen LogP contribution is -2.09. The molecular formula is C21H14ClNO3. The summed E-state index contributed by atoms with van der Waals surface area (Å²) in [5, 5.41) is 1.13. The van der Waals surface area contributed by atoms with Gasteiger partial charge in [-0.15, -0.1) is 0 Å². The standard InChI is InChI=1S/C21H14ClNO3/c1-11-8-18-15(10-17(11)22)20(25)16-9-14(12(2)23-21(16)26-18)19(24)13-6-4-3-5-7-13/h3-10H,1-2H3. The fraction of sp³-hybridized carbons (Fsp3) is 0.0952. The molecule has 4 aromatic rings. The number of hydrogen-bond donors (Lipinski definition) is 0. The van der Waals surface area contributed by atoms with Crippen LogP contribution in [-0.2, 0) is 0 Å². The summed E-state index contributed by atoms with van der Waals surface area (Å²) >= 11 is 6.15. The number of rotatable bonds is 2. The summed E-state index contributed by atoms with van der Waals surface area (Å²) in [5.74, 6) is -0.182. The Kier molecular flexibility index (Phi) is 3.85. The Hall–Kier alpha value is -2.98. The maximum atomic E-state index is 12.9. The van der Waals surface area contributed by atoms with Gasteiger partial charge in [0.15, 0.2) is 5.78 Å². The molecule has 4 nitrogen and oxygen atoms in total. The molecule has 0 saturated carbocycles. The number of fused-ring (bicyclic) bond motifs is 2. The highest BCUT2D eigenvalue weighted by molar-refractivity contribution is 6.32. The van der Waals surface area contributed by atoms with Crippen molar-refractivity contribution in [2.24, 2.45) is 0 Å². The predicted molar refractivity (Wildman–Crippen MR) is 102 cm³/mol. The Balaban J connectivity index is 2.01. The first-order valence-electron chi connectivity index (χ1n) is 8.10. The number of ketones is 1. The lowest BCUT2D eigenvalue weighted by atomic mass is 10.0. The minimum absolute atomic E-state index is 0.182. The SMILES string of the molecule is Cc1cc2oc3nc(C)c(C(=O)c4ccccc4)cc3c(=O)c2cc1Cl. The zero-order valence-corrected chi connectivity index (χ0v) is 14.9. The molecule has 0 saturated heterocycles. The number of nitrogens with zero attached hydrogens (tertiary/aromatic N) is 1. The molecule has 0 N–H and O–H groups in total. The molecule has 0 fully saturated rings. The molecule has 0 unspecified atom stereocenters. The Morgan fingerprint density at radius 2 is 1.77 bits per heavy atom. The van der Waals surface area contributed by atoms with E-state index in [9.17, 15) is 9.59 Å². The summed E-state index contributed by atoms with van der Waals surface area (Å²) in [6, 6.07) is 13.8. The van der Waals surface area contributed by atoms with Gasteiger partial charge in [-0.05, 0) is 37.6 Å². The van der Waals surface area contributed by atoms with Crippen molar-refractivity contribution in [3.05, 3.63) is 86.2 Å². The van der Waals surface area contributed by atoms with Gasteiger partial charge in [-0.1, -0.05) is 41.9 Å². The fourth-order valence-corrected chi connectivity index (χ4v) is 3.13. The lowest BCUT2D eigenvalue weighted by molar-refractivity contribution is 0.103. The maximum Gasteiger partial charge on any atom is 0.230 e. The molecule has 2 aromatic heterocycles. The quantitative estimate of drug-likeness (QED) is 0.377. The number of carbonyl (C=O) groups excluding carboxylic acids is 1. The van der Waals surface area contributed by atoms with Crippen molar-refractivity contribution in [1.82, 2.24) is 4.98 Å². The van der Waals surface area contributed by atoms with Crippen molar-refractivity contribution in [3.63, 3.8) is 0 Å². The molecule has 2 aromatic carbocycles. The second-order valence-corrected chi connectivity index (χ2v) is 6.61. The van der Waals surface area contributed by atoms with Gasteiger partial charge < -0.3 is 4.42 Å². The van der Waals surface area contributed by atoms with Crippen molar-refractivity contribution < 1.29 is 9.21 Å². The summed E-state index contributed by atoms with van der Waals surface area (Å²) in [6.45, 7) is 3.57. The van der Waals surface area contributed by atoms with E-state index in [1.807, 2.05) is 13.0 Å². The molecular weight excluding hydrogens is 350 g/mol. The van der Waals surface area contributed by atoms with Crippen LogP contribution in [0, 0.1) is 13.8 Å². The minimum Gasteiger partial charge on any atom is -0.437 e. The summed E-state index contributed by atoms with van der Waals surface area (Å²) < 4.78 is 5.80. The van der Waals surface area contributed by atoms with Crippen LogP contribution in [0.5, 0.6) is 0 Å². The molecule has 0 spiro atoms. The molecule has 0 aliphatic carbocycles. The van der Waals surface area contributed by atoms with E-state index in [1.54, 1.807) is 49.4 Å². The van der Waals surface area contributed by atoms with Crippen molar-refractivity contribution >= 4 is 39.5 Å². The first-order chi connectivity index (χ1) is 12.5. The smallest absolute Gasteiger partial charge is 0.230 e. The van der Waals surface area contributed by atoms with Crippen LogP contribution in [-0.4, -0.2) is 10.8 Å². The predicted octanol–water partition coefficient (Wildman–Crippen LogP) is 4.84. The maximum absolute atomic E-state index is 12.9. The van der Waals surface area contributed by atoms with Crippen molar-refractivity contribution in [2.45, 2.75) is 13.8 Å². The van der Waals surface area contributed by atoms with Gasteiger partial charge in [0.05, 0.1) is 16.5 Å². The van der Waals surface area contributed by atoms with Crippen LogP contribution in [0.25, 0.3) is 22.1 Å². The monoisotopic (exact) mass is 363 g/mol. The van der Waals surface area contributed by atoms with Gasteiger partial charge in [0.1, 0.15) is 5.58 Å². The summed E-state index contributed by atoms with van der Waals surface area (Å²) in [4.78, 5) is 30.1. The highest BCUT2D eigenvalue weighted by Gasteiger charge is 2.17. The van der Waals surface area contributed by atoms with E-state index in [4.69, 9.17) is 16.0 Å². The second kappa shape index (κ2) is 6.07. The molecule has 128 valence electrons. The third-order valence-corrected chi connectivity index (χ3v) is 4.82. The molecule has 0 bridgehead atoms. The van der Waals surface area contributed by atoms with Crippen LogP contribution in [0.1, 0.15) is 27.2 Å². The van der Waals surface area contributed by atoms with Gasteiger partial charge in [-0.3, -0.25) is 9.59 Å². The highest BCUT2D eigenvalue weighted by Crippen LogP contribution is 2.25. The minimum atomic E-state index is -0.252. The highest BCUT2D eigenvalue weighted by atomic mass is 35.5.